The molecular formula is C14H16BrN3OS. The number of nitrogens with zero attached hydrogens (tertiary/aromatic N) is 2. The minimum Gasteiger partial charge on any atom is -0.347 e. The van der Waals surface area contributed by atoms with E-state index in [1.54, 1.807) is 0 Å². The Hall–Kier alpha value is -1.27. The second kappa shape index (κ2) is 6.01. The van der Waals surface area contributed by atoms with Crippen molar-refractivity contribution in [2.75, 3.05) is 0 Å². The molecule has 2 rings (SSSR count). The van der Waals surface area contributed by atoms with Gasteiger partial charge in [-0.05, 0) is 29.2 Å². The molecule has 0 saturated heterocycles. The monoisotopic (exact) mass is 353 g/mol. The molecular weight excluding hydrogens is 338 g/mol. The summed E-state index contributed by atoms with van der Waals surface area (Å²) in [4.78, 5) is 12.8. The second-order valence-corrected chi connectivity index (χ2v) is 7.18. The Morgan fingerprint density at radius 1 is 1.30 bits per heavy atom. The van der Waals surface area contributed by atoms with E-state index in [0.717, 1.165) is 27.3 Å². The van der Waals surface area contributed by atoms with Crippen LogP contribution in [0.3, 0.4) is 0 Å². The zero-order valence-corrected chi connectivity index (χ0v) is 14.0. The van der Waals surface area contributed by atoms with Crippen LogP contribution in [-0.4, -0.2) is 15.5 Å². The number of rotatable bonds is 3. The molecule has 20 heavy (non-hydrogen) atoms. The van der Waals surface area contributed by atoms with Crippen molar-refractivity contribution in [3.05, 3.63) is 44.9 Å². The van der Waals surface area contributed by atoms with Crippen molar-refractivity contribution in [1.29, 1.82) is 0 Å². The normalized spacial score (nSPS) is 11.4. The summed E-state index contributed by atoms with van der Waals surface area (Å²) >= 11 is 4.53. The largest absolute Gasteiger partial charge is 0.347 e. The smallest absolute Gasteiger partial charge is 0.265 e. The van der Waals surface area contributed by atoms with Crippen LogP contribution in [0.25, 0.3) is 0 Å². The summed E-state index contributed by atoms with van der Waals surface area (Å²) in [5.74, 6) is -0.118. The number of amides is 1. The highest BCUT2D eigenvalue weighted by Crippen LogP contribution is 2.25. The van der Waals surface area contributed by atoms with Gasteiger partial charge in [0.15, 0.2) is 0 Å². The maximum absolute atomic E-state index is 12.2. The average molecular weight is 354 g/mol. The van der Waals surface area contributed by atoms with Gasteiger partial charge in [-0.2, -0.15) is 0 Å². The summed E-state index contributed by atoms with van der Waals surface area (Å²) < 4.78 is 4.92. The molecule has 0 aliphatic heterocycles. The van der Waals surface area contributed by atoms with Crippen molar-refractivity contribution in [3.63, 3.8) is 0 Å². The van der Waals surface area contributed by atoms with Gasteiger partial charge in [0, 0.05) is 16.4 Å². The van der Waals surface area contributed by atoms with Crippen molar-refractivity contribution in [2.45, 2.75) is 32.7 Å². The van der Waals surface area contributed by atoms with Crippen LogP contribution < -0.4 is 5.32 Å². The van der Waals surface area contributed by atoms with E-state index < -0.39 is 0 Å². The van der Waals surface area contributed by atoms with E-state index in [0.29, 0.717) is 11.4 Å². The Bertz CT molecular complexity index is 602. The number of benzene rings is 1. The van der Waals surface area contributed by atoms with Crippen LogP contribution >= 0.6 is 27.5 Å². The number of carbonyl (C=O) groups is 1. The van der Waals surface area contributed by atoms with Gasteiger partial charge in [0.2, 0.25) is 0 Å². The molecule has 1 aromatic heterocycles. The Morgan fingerprint density at radius 2 is 1.95 bits per heavy atom. The van der Waals surface area contributed by atoms with Gasteiger partial charge in [-0.25, -0.2) is 0 Å². The molecule has 0 saturated carbocycles. The topological polar surface area (TPSA) is 54.9 Å². The SMILES string of the molecule is CC(C)(C)c1nnsc1C(=O)NCc1ccc(Br)cc1. The molecule has 1 amide bonds. The Labute approximate surface area is 130 Å². The molecule has 0 radical (unpaired) electrons. The van der Waals surface area contributed by atoms with E-state index in [9.17, 15) is 4.79 Å². The predicted octanol–water partition coefficient (Wildman–Crippen LogP) is 3.53. The summed E-state index contributed by atoms with van der Waals surface area (Å²) in [6, 6.07) is 7.85. The van der Waals surface area contributed by atoms with Gasteiger partial charge in [-0.3, -0.25) is 4.79 Å². The molecule has 0 fully saturated rings. The van der Waals surface area contributed by atoms with Gasteiger partial charge in [0.05, 0.1) is 5.69 Å². The van der Waals surface area contributed by atoms with E-state index in [2.05, 4.69) is 30.8 Å². The average Bonchev–Trinajstić information content (AvgIpc) is 2.87. The van der Waals surface area contributed by atoms with Gasteiger partial charge in [-0.15, -0.1) is 5.10 Å². The molecule has 0 spiro atoms. The molecule has 4 nitrogen and oxygen atoms in total. The lowest BCUT2D eigenvalue weighted by Crippen LogP contribution is -2.25. The molecule has 0 unspecified atom stereocenters. The Morgan fingerprint density at radius 3 is 2.55 bits per heavy atom. The standard InChI is InChI=1S/C14H16BrN3OS/c1-14(2,3)12-11(20-18-17-12)13(19)16-8-9-4-6-10(15)7-5-9/h4-7H,8H2,1-3H3,(H,16,19). The number of halogens is 1. The Kier molecular flexibility index (Phi) is 4.55. The fraction of sp³-hybridized carbons (Fsp3) is 0.357. The van der Waals surface area contributed by atoms with Gasteiger partial charge >= 0.3 is 0 Å². The van der Waals surface area contributed by atoms with E-state index in [1.807, 2.05) is 45.0 Å². The van der Waals surface area contributed by atoms with E-state index in [1.165, 1.54) is 0 Å². The lowest BCUT2D eigenvalue weighted by Gasteiger charge is -2.16. The highest BCUT2D eigenvalue weighted by Gasteiger charge is 2.26. The molecule has 6 heteroatoms. The molecule has 0 atom stereocenters. The molecule has 1 N–H and O–H groups in total. The first kappa shape index (κ1) is 15.1. The summed E-state index contributed by atoms with van der Waals surface area (Å²) in [5.41, 5.74) is 1.62. The lowest BCUT2D eigenvalue weighted by molar-refractivity contribution is 0.0952. The number of nitrogens with one attached hydrogen (secondary N) is 1. The summed E-state index contributed by atoms with van der Waals surface area (Å²) in [7, 11) is 0. The zero-order valence-electron chi connectivity index (χ0n) is 11.6. The predicted molar refractivity (Wildman–Crippen MR) is 83.9 cm³/mol. The second-order valence-electron chi connectivity index (χ2n) is 5.51. The van der Waals surface area contributed by atoms with Crippen molar-refractivity contribution >= 4 is 33.4 Å². The zero-order chi connectivity index (χ0) is 14.8. The number of carbonyl (C=O) groups excluding carboxylic acids is 1. The van der Waals surface area contributed by atoms with Crippen molar-refractivity contribution in [2.24, 2.45) is 0 Å². The molecule has 2 aromatic rings. The molecule has 0 aliphatic rings. The maximum atomic E-state index is 12.2. The van der Waals surface area contributed by atoms with E-state index in [4.69, 9.17) is 0 Å². The molecule has 106 valence electrons. The van der Waals surface area contributed by atoms with Crippen LogP contribution in [0.2, 0.25) is 0 Å². The van der Waals surface area contributed by atoms with Crippen molar-refractivity contribution in [3.8, 4) is 0 Å². The first-order valence-electron chi connectivity index (χ1n) is 6.23. The number of hydrogen-bond acceptors (Lipinski definition) is 4. The third-order valence-corrected chi connectivity index (χ3v) is 4.02. The molecule has 1 aromatic carbocycles. The molecule has 0 aliphatic carbocycles. The van der Waals surface area contributed by atoms with Crippen LogP contribution in [0.1, 0.15) is 41.7 Å². The van der Waals surface area contributed by atoms with Gasteiger partial charge in [0.25, 0.3) is 5.91 Å². The Balaban J connectivity index is 2.06. The van der Waals surface area contributed by atoms with Crippen LogP contribution in [0.4, 0.5) is 0 Å². The lowest BCUT2D eigenvalue weighted by atomic mass is 9.91. The van der Waals surface area contributed by atoms with E-state index >= 15 is 0 Å². The minimum absolute atomic E-state index is 0.118. The molecule has 1 heterocycles. The highest BCUT2D eigenvalue weighted by molar-refractivity contribution is 9.10. The van der Waals surface area contributed by atoms with Crippen LogP contribution in [-0.2, 0) is 12.0 Å². The highest BCUT2D eigenvalue weighted by atomic mass is 79.9. The van der Waals surface area contributed by atoms with Crippen LogP contribution in [0.5, 0.6) is 0 Å². The minimum atomic E-state index is -0.183. The van der Waals surface area contributed by atoms with E-state index in [-0.39, 0.29) is 11.3 Å². The van der Waals surface area contributed by atoms with Gasteiger partial charge in [-0.1, -0.05) is 53.3 Å². The van der Waals surface area contributed by atoms with Gasteiger partial charge in [0.1, 0.15) is 4.88 Å². The quantitative estimate of drug-likeness (QED) is 0.918. The third-order valence-electron chi connectivity index (χ3n) is 2.77. The number of aromatic nitrogens is 2. The summed E-state index contributed by atoms with van der Waals surface area (Å²) in [6.45, 7) is 6.56. The third kappa shape index (κ3) is 3.64. The van der Waals surface area contributed by atoms with Crippen LogP contribution in [0, 0.1) is 0 Å². The maximum Gasteiger partial charge on any atom is 0.265 e. The number of hydrogen-bond donors (Lipinski definition) is 1. The van der Waals surface area contributed by atoms with Crippen molar-refractivity contribution in [1.82, 2.24) is 14.9 Å². The fourth-order valence-electron chi connectivity index (χ4n) is 1.70. The van der Waals surface area contributed by atoms with Crippen molar-refractivity contribution < 1.29 is 4.79 Å². The first-order valence-corrected chi connectivity index (χ1v) is 7.80. The summed E-state index contributed by atoms with van der Waals surface area (Å²) in [5, 5.41) is 6.99. The van der Waals surface area contributed by atoms with Crippen LogP contribution in [0.15, 0.2) is 28.7 Å². The fourth-order valence-corrected chi connectivity index (χ4v) is 2.75. The summed E-state index contributed by atoms with van der Waals surface area (Å²) in [6.07, 6.45) is 0. The van der Waals surface area contributed by atoms with Gasteiger partial charge < -0.3 is 5.32 Å². The molecule has 0 bridgehead atoms. The first-order chi connectivity index (χ1) is 9.38.